The molecule has 1 rings (SSSR count). The summed E-state index contributed by atoms with van der Waals surface area (Å²) in [5.74, 6) is -0.239. The first-order valence-corrected chi connectivity index (χ1v) is 8.50. The number of benzene rings is 1. The summed E-state index contributed by atoms with van der Waals surface area (Å²) in [7, 11) is 1.64. The van der Waals surface area contributed by atoms with E-state index in [0.717, 1.165) is 44.9 Å². The molecule has 1 aromatic rings. The zero-order chi connectivity index (χ0) is 16.2. The number of methoxy groups -OCH3 is 1. The van der Waals surface area contributed by atoms with Crippen molar-refractivity contribution >= 4 is 5.97 Å². The molecule has 0 saturated heterocycles. The second kappa shape index (κ2) is 11.2. The Balaban J connectivity index is 2.60. The first kappa shape index (κ1) is 18.7. The SMILES string of the molecule is CCCCCC(COC)OC(=O)c1cccc(CCCC)c1. The highest BCUT2D eigenvalue weighted by Crippen LogP contribution is 2.13. The van der Waals surface area contributed by atoms with E-state index >= 15 is 0 Å². The van der Waals surface area contributed by atoms with Gasteiger partial charge in [-0.25, -0.2) is 4.79 Å². The Morgan fingerprint density at radius 1 is 1.14 bits per heavy atom. The predicted octanol–water partition coefficient (Wildman–Crippen LogP) is 4.78. The molecule has 3 nitrogen and oxygen atoms in total. The molecular formula is C19H30O3. The predicted molar refractivity (Wildman–Crippen MR) is 90.3 cm³/mol. The molecule has 0 heterocycles. The topological polar surface area (TPSA) is 35.5 Å². The number of aryl methyl sites for hydroxylation is 1. The van der Waals surface area contributed by atoms with Crippen LogP contribution in [-0.4, -0.2) is 25.8 Å². The minimum absolute atomic E-state index is 0.150. The maximum atomic E-state index is 12.3. The average molecular weight is 306 g/mol. The van der Waals surface area contributed by atoms with Crippen molar-refractivity contribution in [2.75, 3.05) is 13.7 Å². The molecule has 124 valence electrons. The Kier molecular flexibility index (Phi) is 9.56. The van der Waals surface area contributed by atoms with E-state index in [1.807, 2.05) is 18.2 Å². The first-order chi connectivity index (χ1) is 10.7. The molecule has 0 fully saturated rings. The van der Waals surface area contributed by atoms with Crippen molar-refractivity contribution < 1.29 is 14.3 Å². The van der Waals surface area contributed by atoms with Crippen LogP contribution in [0.1, 0.15) is 68.3 Å². The van der Waals surface area contributed by atoms with Crippen molar-refractivity contribution in [1.29, 1.82) is 0 Å². The van der Waals surface area contributed by atoms with Gasteiger partial charge in [-0.2, -0.15) is 0 Å². The lowest BCUT2D eigenvalue weighted by molar-refractivity contribution is 0.00240. The van der Waals surface area contributed by atoms with Gasteiger partial charge in [0.05, 0.1) is 12.2 Å². The Bertz CT molecular complexity index is 428. The number of carbonyl (C=O) groups excluding carboxylic acids is 1. The van der Waals surface area contributed by atoms with Crippen LogP contribution in [0.5, 0.6) is 0 Å². The molecule has 0 radical (unpaired) electrons. The summed E-state index contributed by atoms with van der Waals surface area (Å²) in [6.07, 6.45) is 7.40. The van der Waals surface area contributed by atoms with Crippen molar-refractivity contribution in [2.24, 2.45) is 0 Å². The second-order valence-electron chi connectivity index (χ2n) is 5.78. The van der Waals surface area contributed by atoms with Crippen LogP contribution in [0.25, 0.3) is 0 Å². The van der Waals surface area contributed by atoms with Crippen molar-refractivity contribution in [1.82, 2.24) is 0 Å². The molecule has 0 aliphatic carbocycles. The number of esters is 1. The smallest absolute Gasteiger partial charge is 0.338 e. The molecule has 0 amide bonds. The summed E-state index contributed by atoms with van der Waals surface area (Å²) >= 11 is 0. The Labute approximate surface area is 135 Å². The van der Waals surface area contributed by atoms with E-state index < -0.39 is 0 Å². The lowest BCUT2D eigenvalue weighted by Gasteiger charge is -2.17. The largest absolute Gasteiger partial charge is 0.456 e. The molecule has 0 aromatic heterocycles. The molecular weight excluding hydrogens is 276 g/mol. The van der Waals surface area contributed by atoms with Crippen LogP contribution in [0.2, 0.25) is 0 Å². The second-order valence-corrected chi connectivity index (χ2v) is 5.78. The lowest BCUT2D eigenvalue weighted by atomic mass is 10.1. The zero-order valence-corrected chi connectivity index (χ0v) is 14.3. The highest BCUT2D eigenvalue weighted by atomic mass is 16.6. The monoisotopic (exact) mass is 306 g/mol. The minimum Gasteiger partial charge on any atom is -0.456 e. The van der Waals surface area contributed by atoms with Gasteiger partial charge < -0.3 is 9.47 Å². The maximum absolute atomic E-state index is 12.3. The summed E-state index contributed by atoms with van der Waals surface area (Å²) in [6.45, 7) is 4.80. The highest BCUT2D eigenvalue weighted by Gasteiger charge is 2.16. The van der Waals surface area contributed by atoms with E-state index in [-0.39, 0.29) is 12.1 Å². The van der Waals surface area contributed by atoms with E-state index in [4.69, 9.17) is 9.47 Å². The average Bonchev–Trinajstić information content (AvgIpc) is 2.53. The van der Waals surface area contributed by atoms with Gasteiger partial charge in [0.1, 0.15) is 6.10 Å². The van der Waals surface area contributed by atoms with Gasteiger partial charge in [-0.1, -0.05) is 45.2 Å². The molecule has 0 aliphatic rings. The van der Waals surface area contributed by atoms with Crippen molar-refractivity contribution in [3.05, 3.63) is 35.4 Å². The molecule has 0 aliphatic heterocycles. The van der Waals surface area contributed by atoms with E-state index in [1.54, 1.807) is 7.11 Å². The van der Waals surface area contributed by atoms with E-state index in [0.29, 0.717) is 12.2 Å². The van der Waals surface area contributed by atoms with Crippen molar-refractivity contribution in [3.63, 3.8) is 0 Å². The van der Waals surface area contributed by atoms with Crippen LogP contribution in [0.4, 0.5) is 0 Å². The van der Waals surface area contributed by atoms with Gasteiger partial charge in [0.15, 0.2) is 0 Å². The number of rotatable bonds is 11. The Hall–Kier alpha value is -1.35. The van der Waals surface area contributed by atoms with Gasteiger partial charge in [-0.05, 0) is 43.4 Å². The molecule has 0 saturated carbocycles. The molecule has 22 heavy (non-hydrogen) atoms. The fraction of sp³-hybridized carbons (Fsp3) is 0.632. The number of unbranched alkanes of at least 4 members (excludes halogenated alkanes) is 3. The lowest BCUT2D eigenvalue weighted by Crippen LogP contribution is -2.23. The summed E-state index contributed by atoms with van der Waals surface area (Å²) in [5.41, 5.74) is 1.84. The Morgan fingerprint density at radius 2 is 1.91 bits per heavy atom. The Morgan fingerprint density at radius 3 is 2.59 bits per heavy atom. The van der Waals surface area contributed by atoms with Gasteiger partial charge in [0.2, 0.25) is 0 Å². The van der Waals surface area contributed by atoms with Gasteiger partial charge in [-0.3, -0.25) is 0 Å². The fourth-order valence-corrected chi connectivity index (χ4v) is 2.44. The minimum atomic E-state index is -0.239. The maximum Gasteiger partial charge on any atom is 0.338 e. The van der Waals surface area contributed by atoms with E-state index in [9.17, 15) is 4.79 Å². The number of carbonyl (C=O) groups is 1. The first-order valence-electron chi connectivity index (χ1n) is 8.50. The molecule has 0 spiro atoms. The molecule has 1 unspecified atom stereocenters. The highest BCUT2D eigenvalue weighted by molar-refractivity contribution is 5.89. The third-order valence-corrected chi connectivity index (χ3v) is 3.74. The summed E-state index contributed by atoms with van der Waals surface area (Å²) in [6, 6.07) is 7.78. The van der Waals surface area contributed by atoms with Crippen LogP contribution in [0, 0.1) is 0 Å². The number of ether oxygens (including phenoxy) is 2. The quantitative estimate of drug-likeness (QED) is 0.436. The van der Waals surface area contributed by atoms with Gasteiger partial charge >= 0.3 is 5.97 Å². The summed E-state index contributed by atoms with van der Waals surface area (Å²) < 4.78 is 10.8. The summed E-state index contributed by atoms with van der Waals surface area (Å²) in [5, 5.41) is 0. The zero-order valence-electron chi connectivity index (χ0n) is 14.3. The van der Waals surface area contributed by atoms with Crippen LogP contribution >= 0.6 is 0 Å². The van der Waals surface area contributed by atoms with E-state index in [1.165, 1.54) is 5.56 Å². The third-order valence-electron chi connectivity index (χ3n) is 3.74. The molecule has 3 heteroatoms. The molecule has 0 N–H and O–H groups in total. The van der Waals surface area contributed by atoms with Crippen LogP contribution in [-0.2, 0) is 15.9 Å². The van der Waals surface area contributed by atoms with Crippen LogP contribution in [0.3, 0.4) is 0 Å². The molecule has 1 atom stereocenters. The van der Waals surface area contributed by atoms with Crippen molar-refractivity contribution in [2.45, 2.75) is 64.9 Å². The number of hydrogen-bond acceptors (Lipinski definition) is 3. The standard InChI is InChI=1S/C19H30O3/c1-4-6-8-13-18(15-21-3)22-19(20)17-12-9-11-16(14-17)10-7-5-2/h9,11-12,14,18H,4-8,10,13,15H2,1-3H3. The molecule has 0 bridgehead atoms. The van der Waals surface area contributed by atoms with Crippen LogP contribution in [0.15, 0.2) is 24.3 Å². The van der Waals surface area contributed by atoms with Gasteiger partial charge in [0, 0.05) is 7.11 Å². The van der Waals surface area contributed by atoms with Crippen LogP contribution < -0.4 is 0 Å². The number of hydrogen-bond donors (Lipinski definition) is 0. The third kappa shape index (κ3) is 7.08. The fourth-order valence-electron chi connectivity index (χ4n) is 2.44. The van der Waals surface area contributed by atoms with E-state index in [2.05, 4.69) is 19.9 Å². The van der Waals surface area contributed by atoms with Crippen molar-refractivity contribution in [3.8, 4) is 0 Å². The molecule has 1 aromatic carbocycles. The summed E-state index contributed by atoms with van der Waals surface area (Å²) in [4.78, 5) is 12.3. The van der Waals surface area contributed by atoms with Gasteiger partial charge in [-0.15, -0.1) is 0 Å². The normalized spacial score (nSPS) is 12.1. The van der Waals surface area contributed by atoms with Gasteiger partial charge in [0.25, 0.3) is 0 Å².